The molecular weight excluding hydrogens is 514 g/mol. The number of carboxylic acid groups (broad SMARTS) is 2. The van der Waals surface area contributed by atoms with Crippen LogP contribution in [0.25, 0.3) is 0 Å². The second kappa shape index (κ2) is 13.1. The van der Waals surface area contributed by atoms with E-state index in [2.05, 4.69) is 30.9 Å². The Labute approximate surface area is 230 Å². The maximum atomic E-state index is 12.5. The van der Waals surface area contributed by atoms with Crippen LogP contribution in [-0.2, 0) is 22.7 Å². The number of carboxylic acids is 2. The number of ketones is 1. The number of Topliss-reactive ketones (excluding diaryl/α,β-unsaturated/α-hetero) is 1. The molecule has 0 amide bonds. The lowest BCUT2D eigenvalue weighted by Crippen LogP contribution is -2.19. The second-order valence-electron chi connectivity index (χ2n) is 9.22. The normalized spacial score (nSPS) is 11.5. The van der Waals surface area contributed by atoms with Gasteiger partial charge >= 0.3 is 11.9 Å². The molecule has 2 aromatic carbocycles. The van der Waals surface area contributed by atoms with Crippen LogP contribution in [0.15, 0.2) is 67.0 Å². The first-order valence-electron chi connectivity index (χ1n) is 12.6. The van der Waals surface area contributed by atoms with Gasteiger partial charge in [0.05, 0.1) is 25.2 Å². The molecule has 0 aliphatic carbocycles. The molecule has 1 atom stereocenters. The third-order valence-electron chi connectivity index (χ3n) is 6.11. The van der Waals surface area contributed by atoms with Crippen molar-refractivity contribution in [3.63, 3.8) is 0 Å². The summed E-state index contributed by atoms with van der Waals surface area (Å²) in [5, 5.41) is 33.1. The summed E-state index contributed by atoms with van der Waals surface area (Å²) in [5.74, 6) is -2.32. The molecule has 0 aliphatic rings. The molecule has 4 aromatic rings. The van der Waals surface area contributed by atoms with E-state index in [1.807, 2.05) is 43.5 Å². The lowest BCUT2D eigenvalue weighted by Gasteiger charge is -2.11. The zero-order valence-corrected chi connectivity index (χ0v) is 21.8. The number of nitrogens with one attached hydrogen (secondary N) is 2. The van der Waals surface area contributed by atoms with Gasteiger partial charge in [-0.05, 0) is 49.7 Å². The van der Waals surface area contributed by atoms with Gasteiger partial charge in [0.25, 0.3) is 0 Å². The highest BCUT2D eigenvalue weighted by Crippen LogP contribution is 2.20. The number of aliphatic carboxylic acids is 2. The van der Waals surface area contributed by atoms with E-state index in [0.717, 1.165) is 16.9 Å². The fraction of sp³-hybridized carbons (Fsp3) is 0.250. The third-order valence-corrected chi connectivity index (χ3v) is 6.11. The average Bonchev–Trinajstić information content (AvgIpc) is 3.39. The molecule has 0 bridgehead atoms. The van der Waals surface area contributed by atoms with E-state index in [9.17, 15) is 19.5 Å². The number of benzene rings is 2. The molecule has 12 nitrogen and oxygen atoms in total. The molecule has 0 spiro atoms. The molecule has 1 unspecified atom stereocenters. The van der Waals surface area contributed by atoms with Crippen molar-refractivity contribution in [2.24, 2.45) is 5.92 Å². The number of aromatic nitrogens is 5. The zero-order valence-electron chi connectivity index (χ0n) is 21.8. The lowest BCUT2D eigenvalue weighted by atomic mass is 9.94. The number of hydrogen-bond donors (Lipinski definition) is 4. The largest absolute Gasteiger partial charge is 0.481 e. The van der Waals surface area contributed by atoms with Gasteiger partial charge in [-0.1, -0.05) is 23.4 Å². The third kappa shape index (κ3) is 7.93. The first-order valence-corrected chi connectivity index (χ1v) is 12.6. The summed E-state index contributed by atoms with van der Waals surface area (Å²) < 4.78 is 1.70. The van der Waals surface area contributed by atoms with E-state index in [-0.39, 0.29) is 25.0 Å². The fourth-order valence-corrected chi connectivity index (χ4v) is 3.97. The minimum Gasteiger partial charge on any atom is -0.481 e. The molecule has 0 saturated carbocycles. The van der Waals surface area contributed by atoms with Crippen molar-refractivity contribution in [3.8, 4) is 0 Å². The summed E-state index contributed by atoms with van der Waals surface area (Å²) in [6, 6.07) is 16.4. The van der Waals surface area contributed by atoms with Crippen LogP contribution in [0.3, 0.4) is 0 Å². The molecule has 2 aromatic heterocycles. The summed E-state index contributed by atoms with van der Waals surface area (Å²) in [4.78, 5) is 43.5. The number of rotatable bonds is 14. The van der Waals surface area contributed by atoms with Crippen LogP contribution in [0.5, 0.6) is 0 Å². The standard InChI is InChI=1S/C28H29N7O5/c1-18-29-14-21(27(31-18)32-23-5-3-2-4-6-23)16-35-17-24(33-34-35)15-30-22-10-7-19(8-11-22)25(36)13-20(28(39)40)9-12-26(37)38/h2-8,10-11,14,17,20,30H,9,12-13,15-16H2,1H3,(H,37,38)(H,39,40)(H,29,31,32). The Morgan fingerprint density at radius 2 is 1.75 bits per heavy atom. The van der Waals surface area contributed by atoms with Gasteiger partial charge in [-0.3, -0.25) is 14.4 Å². The first kappa shape index (κ1) is 27.9. The molecule has 4 rings (SSSR count). The van der Waals surface area contributed by atoms with Gasteiger partial charge in [0.15, 0.2) is 5.78 Å². The summed E-state index contributed by atoms with van der Waals surface area (Å²) in [6.45, 7) is 2.64. The number of carbonyl (C=O) groups excluding carboxylic acids is 1. The van der Waals surface area contributed by atoms with Crippen LogP contribution in [-0.4, -0.2) is 52.9 Å². The average molecular weight is 544 g/mol. The number of carbonyl (C=O) groups is 3. The summed E-state index contributed by atoms with van der Waals surface area (Å²) in [5.41, 5.74) is 3.57. The number of hydrogen-bond acceptors (Lipinski definition) is 9. The highest BCUT2D eigenvalue weighted by Gasteiger charge is 2.23. The van der Waals surface area contributed by atoms with Gasteiger partial charge in [0, 0.05) is 41.5 Å². The highest BCUT2D eigenvalue weighted by atomic mass is 16.4. The number of aryl methyl sites for hydroxylation is 1. The zero-order chi connectivity index (χ0) is 28.5. The lowest BCUT2D eigenvalue weighted by molar-refractivity contribution is -0.142. The van der Waals surface area contributed by atoms with E-state index in [4.69, 9.17) is 5.11 Å². The highest BCUT2D eigenvalue weighted by molar-refractivity contribution is 5.98. The molecule has 206 valence electrons. The van der Waals surface area contributed by atoms with Gasteiger partial charge in [-0.2, -0.15) is 0 Å². The van der Waals surface area contributed by atoms with Gasteiger partial charge in [0.2, 0.25) is 0 Å². The monoisotopic (exact) mass is 543 g/mol. The topological polar surface area (TPSA) is 172 Å². The van der Waals surface area contributed by atoms with Crippen LogP contribution in [0, 0.1) is 12.8 Å². The fourth-order valence-electron chi connectivity index (χ4n) is 3.97. The molecular formula is C28H29N7O5. The molecule has 0 radical (unpaired) electrons. The predicted octanol–water partition coefficient (Wildman–Crippen LogP) is 3.92. The van der Waals surface area contributed by atoms with E-state index < -0.39 is 17.9 Å². The van der Waals surface area contributed by atoms with Gasteiger partial charge in [-0.25, -0.2) is 14.6 Å². The van der Waals surface area contributed by atoms with Crippen LogP contribution in [0.4, 0.5) is 17.2 Å². The van der Waals surface area contributed by atoms with Gasteiger partial charge in [0.1, 0.15) is 17.3 Å². The Kier molecular flexibility index (Phi) is 9.13. The number of anilines is 3. The Morgan fingerprint density at radius 3 is 2.45 bits per heavy atom. The van der Waals surface area contributed by atoms with Gasteiger partial charge < -0.3 is 20.8 Å². The smallest absolute Gasteiger partial charge is 0.306 e. The number of nitrogens with zero attached hydrogens (tertiary/aromatic N) is 5. The van der Waals surface area contributed by atoms with Crippen molar-refractivity contribution < 1.29 is 24.6 Å². The molecule has 2 heterocycles. The molecule has 40 heavy (non-hydrogen) atoms. The van der Waals surface area contributed by atoms with Crippen molar-refractivity contribution in [1.29, 1.82) is 0 Å². The molecule has 12 heteroatoms. The van der Waals surface area contributed by atoms with Gasteiger partial charge in [-0.15, -0.1) is 5.10 Å². The Morgan fingerprint density at radius 1 is 1.00 bits per heavy atom. The maximum Gasteiger partial charge on any atom is 0.306 e. The quantitative estimate of drug-likeness (QED) is 0.170. The van der Waals surface area contributed by atoms with Crippen LogP contribution >= 0.6 is 0 Å². The summed E-state index contributed by atoms with van der Waals surface area (Å²) in [7, 11) is 0. The van der Waals surface area contributed by atoms with E-state index in [1.54, 1.807) is 35.1 Å². The van der Waals surface area contributed by atoms with Crippen molar-refractivity contribution in [1.82, 2.24) is 25.0 Å². The van der Waals surface area contributed by atoms with Crippen LogP contribution in [0.1, 0.15) is 46.7 Å². The molecule has 0 fully saturated rings. The van der Waals surface area contributed by atoms with Crippen molar-refractivity contribution in [3.05, 3.63) is 89.6 Å². The number of para-hydroxylation sites is 1. The second-order valence-corrected chi connectivity index (χ2v) is 9.22. The minimum absolute atomic E-state index is 0.0987. The minimum atomic E-state index is -1.18. The summed E-state index contributed by atoms with van der Waals surface area (Å²) >= 11 is 0. The molecule has 4 N–H and O–H groups in total. The van der Waals surface area contributed by atoms with E-state index in [1.165, 1.54) is 0 Å². The summed E-state index contributed by atoms with van der Waals surface area (Å²) in [6.07, 6.45) is 2.93. The molecule has 0 saturated heterocycles. The van der Waals surface area contributed by atoms with Crippen molar-refractivity contribution in [2.45, 2.75) is 39.3 Å². The SMILES string of the molecule is Cc1ncc(Cn2cc(CNc3ccc(C(=O)CC(CCC(=O)O)C(=O)O)cc3)nn2)c(Nc2ccccc2)n1. The Balaban J connectivity index is 1.33. The van der Waals surface area contributed by atoms with Crippen LogP contribution < -0.4 is 10.6 Å². The Hall–Kier alpha value is -5.13. The molecule has 0 aliphatic heterocycles. The first-order chi connectivity index (χ1) is 19.3. The Bertz CT molecular complexity index is 1470. The maximum absolute atomic E-state index is 12.5. The van der Waals surface area contributed by atoms with Crippen molar-refractivity contribution >= 4 is 34.9 Å². The van der Waals surface area contributed by atoms with E-state index in [0.29, 0.717) is 36.0 Å². The van der Waals surface area contributed by atoms with Crippen LogP contribution in [0.2, 0.25) is 0 Å². The predicted molar refractivity (Wildman–Crippen MR) is 146 cm³/mol. The van der Waals surface area contributed by atoms with E-state index >= 15 is 0 Å². The van der Waals surface area contributed by atoms with Crippen molar-refractivity contribution in [2.75, 3.05) is 10.6 Å².